The number of ether oxygens (including phenoxy) is 1. The first kappa shape index (κ1) is 24.2. The van der Waals surface area contributed by atoms with Gasteiger partial charge in [-0.1, -0.05) is 43.9 Å². The van der Waals surface area contributed by atoms with Crippen LogP contribution in [0, 0.1) is 5.92 Å². The maximum atomic E-state index is 9.75. The average Bonchev–Trinajstić information content (AvgIpc) is 2.74. The quantitative estimate of drug-likeness (QED) is 0.171. The van der Waals surface area contributed by atoms with Crippen molar-refractivity contribution in [2.45, 2.75) is 65.1 Å². The Morgan fingerprint density at radius 3 is 2.60 bits per heavy atom. The van der Waals surface area contributed by atoms with E-state index in [1.54, 1.807) is 6.92 Å². The molecule has 1 atom stereocenters. The van der Waals surface area contributed by atoms with Gasteiger partial charge in [0, 0.05) is 5.56 Å². The van der Waals surface area contributed by atoms with Crippen molar-refractivity contribution in [3.63, 3.8) is 0 Å². The van der Waals surface area contributed by atoms with Crippen LogP contribution in [0.4, 0.5) is 0 Å². The number of aliphatic hydroxyl groups excluding tert-OH is 2. The summed E-state index contributed by atoms with van der Waals surface area (Å²) in [5.41, 5.74) is 3.20. The predicted octanol–water partition coefficient (Wildman–Crippen LogP) is 5.20. The lowest BCUT2D eigenvalue weighted by atomic mass is 9.82. The number of benzene rings is 1. The number of rotatable bonds is 11. The fourth-order valence-corrected chi connectivity index (χ4v) is 3.69. The molecule has 166 valence electrons. The summed E-state index contributed by atoms with van der Waals surface area (Å²) in [7, 11) is 0. The summed E-state index contributed by atoms with van der Waals surface area (Å²) in [5, 5.41) is 19.4. The first-order valence-electron chi connectivity index (χ1n) is 10.8. The Labute approximate surface area is 180 Å². The molecule has 1 aliphatic rings. The second-order valence-electron chi connectivity index (χ2n) is 7.92. The van der Waals surface area contributed by atoms with Crippen molar-refractivity contribution in [1.82, 2.24) is 0 Å². The van der Waals surface area contributed by atoms with Crippen molar-refractivity contribution >= 4 is 0 Å². The van der Waals surface area contributed by atoms with Gasteiger partial charge in [-0.05, 0) is 68.6 Å². The molecule has 30 heavy (non-hydrogen) atoms. The molecule has 2 N–H and O–H groups in total. The second kappa shape index (κ2) is 12.6. The first-order chi connectivity index (χ1) is 14.4. The van der Waals surface area contributed by atoms with E-state index in [1.165, 1.54) is 5.57 Å². The monoisotopic (exact) mass is 416 g/mol. The van der Waals surface area contributed by atoms with E-state index in [0.29, 0.717) is 24.0 Å². The minimum Gasteiger partial charge on any atom is -0.491 e. The van der Waals surface area contributed by atoms with Gasteiger partial charge in [0.1, 0.15) is 24.7 Å². The van der Waals surface area contributed by atoms with E-state index in [2.05, 4.69) is 38.7 Å². The third kappa shape index (κ3) is 7.63. The Bertz CT molecular complexity index is 729. The molecule has 1 fully saturated rings. The van der Waals surface area contributed by atoms with Crippen molar-refractivity contribution in [3.8, 4) is 5.75 Å². The molecule has 0 aromatic heterocycles. The SMILES string of the molecule is C=C(C)OOCCOc1cc(C(C)/C=C\C(=C/C)C2CCC(O)CC2)ccc1CO. The van der Waals surface area contributed by atoms with Crippen molar-refractivity contribution in [3.05, 3.63) is 65.5 Å². The van der Waals surface area contributed by atoms with E-state index in [1.807, 2.05) is 18.2 Å². The van der Waals surface area contributed by atoms with Gasteiger partial charge in [0.2, 0.25) is 0 Å². The lowest BCUT2D eigenvalue weighted by Gasteiger charge is -2.26. The molecule has 0 bridgehead atoms. The molecule has 1 aliphatic carbocycles. The van der Waals surface area contributed by atoms with Crippen molar-refractivity contribution in [1.29, 1.82) is 0 Å². The highest BCUT2D eigenvalue weighted by molar-refractivity contribution is 5.40. The molecule has 0 radical (unpaired) electrons. The van der Waals surface area contributed by atoms with Gasteiger partial charge in [0.15, 0.2) is 0 Å². The highest BCUT2D eigenvalue weighted by atomic mass is 17.2. The van der Waals surface area contributed by atoms with Gasteiger partial charge in [-0.25, -0.2) is 0 Å². The van der Waals surface area contributed by atoms with Gasteiger partial charge in [-0.3, -0.25) is 0 Å². The van der Waals surface area contributed by atoms with E-state index in [9.17, 15) is 10.2 Å². The standard InChI is InChI=1S/C25H36O5/c1-5-20(21-10-12-24(27)13-11-21)7-6-19(4)22-8-9-23(17-26)25(16-22)28-14-15-29-30-18(2)3/h5-9,16,19,21,24,26-27H,2,10-15,17H2,1,3-4H3/b7-6-,20-5+. The van der Waals surface area contributed by atoms with Crippen LogP contribution in [0.15, 0.2) is 54.3 Å². The Hall–Kier alpha value is -2.08. The molecule has 1 aromatic carbocycles. The van der Waals surface area contributed by atoms with Crippen LogP contribution in [0.2, 0.25) is 0 Å². The van der Waals surface area contributed by atoms with E-state index >= 15 is 0 Å². The zero-order valence-electron chi connectivity index (χ0n) is 18.5. The van der Waals surface area contributed by atoms with E-state index < -0.39 is 0 Å². The highest BCUT2D eigenvalue weighted by Crippen LogP contribution is 2.32. The average molecular weight is 417 g/mol. The first-order valence-corrected chi connectivity index (χ1v) is 10.8. The molecule has 1 unspecified atom stereocenters. The fraction of sp³-hybridized carbons (Fsp3) is 0.520. The molecule has 5 nitrogen and oxygen atoms in total. The van der Waals surface area contributed by atoms with Crippen molar-refractivity contribution in [2.24, 2.45) is 5.92 Å². The van der Waals surface area contributed by atoms with Crippen LogP contribution in [-0.4, -0.2) is 29.5 Å². The van der Waals surface area contributed by atoms with Crippen LogP contribution in [-0.2, 0) is 16.4 Å². The molecule has 1 aromatic rings. The Balaban J connectivity index is 1.99. The molecule has 5 heteroatoms. The highest BCUT2D eigenvalue weighted by Gasteiger charge is 2.21. The van der Waals surface area contributed by atoms with Crippen LogP contribution < -0.4 is 4.74 Å². The number of aliphatic hydroxyl groups is 2. The fourth-order valence-electron chi connectivity index (χ4n) is 3.69. The minimum atomic E-state index is -0.136. The van der Waals surface area contributed by atoms with Crippen LogP contribution in [0.3, 0.4) is 0 Å². The number of hydrogen-bond acceptors (Lipinski definition) is 5. The smallest absolute Gasteiger partial charge is 0.132 e. The maximum absolute atomic E-state index is 9.75. The van der Waals surface area contributed by atoms with Crippen LogP contribution in [0.25, 0.3) is 0 Å². The van der Waals surface area contributed by atoms with Crippen molar-refractivity contribution < 1.29 is 24.7 Å². The van der Waals surface area contributed by atoms with Gasteiger partial charge in [0.25, 0.3) is 0 Å². The molecule has 1 saturated carbocycles. The topological polar surface area (TPSA) is 68.2 Å². The largest absolute Gasteiger partial charge is 0.491 e. The molecule has 0 aliphatic heterocycles. The third-order valence-corrected chi connectivity index (χ3v) is 5.49. The molecule has 0 saturated heterocycles. The number of hydrogen-bond donors (Lipinski definition) is 2. The zero-order chi connectivity index (χ0) is 21.9. The summed E-state index contributed by atoms with van der Waals surface area (Å²) in [6.45, 7) is 10.0. The Morgan fingerprint density at radius 1 is 1.23 bits per heavy atom. The van der Waals surface area contributed by atoms with Gasteiger partial charge in [-0.2, -0.15) is 4.89 Å². The van der Waals surface area contributed by atoms with Gasteiger partial charge >= 0.3 is 0 Å². The molecular formula is C25H36O5. The summed E-state index contributed by atoms with van der Waals surface area (Å²) in [5.74, 6) is 1.87. The lowest BCUT2D eigenvalue weighted by Crippen LogP contribution is -2.19. The maximum Gasteiger partial charge on any atom is 0.132 e. The van der Waals surface area contributed by atoms with Crippen molar-refractivity contribution in [2.75, 3.05) is 13.2 Å². The van der Waals surface area contributed by atoms with Crippen LogP contribution in [0.1, 0.15) is 63.5 Å². The minimum absolute atomic E-state index is 0.0841. The number of allylic oxidation sites excluding steroid dienone is 5. The molecule has 0 heterocycles. The van der Waals surface area contributed by atoms with Crippen LogP contribution >= 0.6 is 0 Å². The van der Waals surface area contributed by atoms with Gasteiger partial charge in [-0.15, -0.1) is 0 Å². The molecule has 0 amide bonds. The summed E-state index contributed by atoms with van der Waals surface area (Å²) < 4.78 is 5.80. The van der Waals surface area contributed by atoms with E-state index in [0.717, 1.165) is 36.8 Å². The van der Waals surface area contributed by atoms with E-state index in [-0.39, 0.29) is 25.2 Å². The van der Waals surface area contributed by atoms with Gasteiger partial charge < -0.3 is 19.8 Å². The molecule has 2 rings (SSSR count). The third-order valence-electron chi connectivity index (χ3n) is 5.49. The Morgan fingerprint density at radius 2 is 1.97 bits per heavy atom. The Kier molecular flexibility index (Phi) is 10.1. The molecule has 0 spiro atoms. The lowest BCUT2D eigenvalue weighted by molar-refractivity contribution is -0.263. The normalized spacial score (nSPS) is 20.9. The summed E-state index contributed by atoms with van der Waals surface area (Å²) in [4.78, 5) is 9.86. The van der Waals surface area contributed by atoms with Gasteiger partial charge in [0.05, 0.1) is 12.7 Å². The second-order valence-corrected chi connectivity index (χ2v) is 7.92. The van der Waals surface area contributed by atoms with E-state index in [4.69, 9.17) is 14.5 Å². The zero-order valence-corrected chi connectivity index (χ0v) is 18.5. The summed E-state index contributed by atoms with van der Waals surface area (Å²) in [6.07, 6.45) is 10.3. The summed E-state index contributed by atoms with van der Waals surface area (Å²) >= 11 is 0. The summed E-state index contributed by atoms with van der Waals surface area (Å²) in [6, 6.07) is 5.91. The molecular weight excluding hydrogens is 380 g/mol. The van der Waals surface area contributed by atoms with Crippen LogP contribution in [0.5, 0.6) is 5.75 Å². The predicted molar refractivity (Wildman–Crippen MR) is 119 cm³/mol.